The molecule has 21 heavy (non-hydrogen) atoms. The van der Waals surface area contributed by atoms with Gasteiger partial charge < -0.3 is 14.4 Å². The first kappa shape index (κ1) is 16.0. The third kappa shape index (κ3) is 5.48. The SMILES string of the molecule is COC(=O)C(CN(C)CCOCC1CC1)c1ccccc1. The molecule has 1 saturated carbocycles. The highest BCUT2D eigenvalue weighted by Crippen LogP contribution is 2.28. The quantitative estimate of drug-likeness (QED) is 0.517. The number of nitrogens with zero attached hydrogens (tertiary/aromatic N) is 1. The lowest BCUT2D eigenvalue weighted by Gasteiger charge is -2.22. The number of ether oxygens (including phenoxy) is 2. The van der Waals surface area contributed by atoms with Gasteiger partial charge in [0.15, 0.2) is 0 Å². The van der Waals surface area contributed by atoms with Gasteiger partial charge >= 0.3 is 5.97 Å². The van der Waals surface area contributed by atoms with E-state index in [4.69, 9.17) is 9.47 Å². The number of likely N-dealkylation sites (N-methyl/N-ethyl adjacent to an activating group) is 1. The first-order chi connectivity index (χ1) is 10.2. The molecule has 1 aliphatic carbocycles. The van der Waals surface area contributed by atoms with Gasteiger partial charge in [0.05, 0.1) is 19.6 Å². The third-order valence-electron chi connectivity index (χ3n) is 3.85. The van der Waals surface area contributed by atoms with E-state index in [2.05, 4.69) is 4.90 Å². The summed E-state index contributed by atoms with van der Waals surface area (Å²) in [6.45, 7) is 3.07. The first-order valence-corrected chi connectivity index (χ1v) is 7.59. The number of hydrogen-bond acceptors (Lipinski definition) is 4. The Bertz CT molecular complexity index is 431. The van der Waals surface area contributed by atoms with Gasteiger partial charge in [-0.3, -0.25) is 4.79 Å². The molecule has 1 unspecified atom stereocenters. The highest BCUT2D eigenvalue weighted by molar-refractivity contribution is 5.78. The van der Waals surface area contributed by atoms with Crippen LogP contribution in [0.2, 0.25) is 0 Å². The largest absolute Gasteiger partial charge is 0.469 e. The van der Waals surface area contributed by atoms with Crippen LogP contribution >= 0.6 is 0 Å². The van der Waals surface area contributed by atoms with Gasteiger partial charge in [-0.1, -0.05) is 30.3 Å². The Kier molecular flexibility index (Phi) is 6.21. The lowest BCUT2D eigenvalue weighted by Crippen LogP contribution is -2.32. The molecule has 0 amide bonds. The number of rotatable bonds is 9. The molecule has 1 atom stereocenters. The van der Waals surface area contributed by atoms with Gasteiger partial charge in [-0.25, -0.2) is 0 Å². The number of carbonyl (C=O) groups is 1. The Labute approximate surface area is 127 Å². The van der Waals surface area contributed by atoms with Crippen LogP contribution in [0, 0.1) is 5.92 Å². The molecule has 1 aromatic carbocycles. The summed E-state index contributed by atoms with van der Waals surface area (Å²) in [5.74, 6) is 0.360. The summed E-state index contributed by atoms with van der Waals surface area (Å²) in [4.78, 5) is 14.1. The van der Waals surface area contributed by atoms with E-state index in [0.29, 0.717) is 6.54 Å². The summed E-state index contributed by atoms with van der Waals surface area (Å²) in [5.41, 5.74) is 0.995. The van der Waals surface area contributed by atoms with Crippen molar-refractivity contribution in [3.8, 4) is 0 Å². The smallest absolute Gasteiger partial charge is 0.314 e. The monoisotopic (exact) mass is 291 g/mol. The fraction of sp³-hybridized carbons (Fsp3) is 0.588. The molecule has 0 heterocycles. The second kappa shape index (κ2) is 8.15. The van der Waals surface area contributed by atoms with Crippen molar-refractivity contribution in [2.45, 2.75) is 18.8 Å². The van der Waals surface area contributed by atoms with E-state index in [1.807, 2.05) is 37.4 Å². The Hall–Kier alpha value is -1.39. The zero-order valence-corrected chi connectivity index (χ0v) is 13.0. The molecular formula is C17H25NO3. The van der Waals surface area contributed by atoms with Crippen LogP contribution in [0.3, 0.4) is 0 Å². The van der Waals surface area contributed by atoms with E-state index in [0.717, 1.165) is 31.2 Å². The van der Waals surface area contributed by atoms with Crippen LogP contribution in [0.4, 0.5) is 0 Å². The van der Waals surface area contributed by atoms with Crippen LogP contribution in [-0.2, 0) is 14.3 Å². The lowest BCUT2D eigenvalue weighted by molar-refractivity contribution is -0.142. The van der Waals surface area contributed by atoms with E-state index in [1.54, 1.807) is 0 Å². The summed E-state index contributed by atoms with van der Waals surface area (Å²) >= 11 is 0. The summed E-state index contributed by atoms with van der Waals surface area (Å²) in [7, 11) is 3.45. The summed E-state index contributed by atoms with van der Waals surface area (Å²) in [5, 5.41) is 0. The van der Waals surface area contributed by atoms with Crippen LogP contribution in [0.1, 0.15) is 24.3 Å². The van der Waals surface area contributed by atoms with Gasteiger partial charge in [-0.05, 0) is 31.4 Å². The van der Waals surface area contributed by atoms with Crippen LogP contribution in [-0.4, -0.2) is 51.3 Å². The Morgan fingerprint density at radius 3 is 2.67 bits per heavy atom. The lowest BCUT2D eigenvalue weighted by atomic mass is 9.99. The van der Waals surface area contributed by atoms with Crippen molar-refractivity contribution in [2.24, 2.45) is 5.92 Å². The molecule has 0 N–H and O–H groups in total. The fourth-order valence-electron chi connectivity index (χ4n) is 2.30. The summed E-state index contributed by atoms with van der Waals surface area (Å²) in [6.07, 6.45) is 2.63. The minimum absolute atomic E-state index is 0.188. The maximum atomic E-state index is 12.0. The molecule has 0 aromatic heterocycles. The van der Waals surface area contributed by atoms with Crippen LogP contribution < -0.4 is 0 Å². The molecule has 4 heteroatoms. The second-order valence-electron chi connectivity index (χ2n) is 5.77. The van der Waals surface area contributed by atoms with Gasteiger partial charge in [-0.15, -0.1) is 0 Å². The minimum Gasteiger partial charge on any atom is -0.469 e. The molecule has 0 aliphatic heterocycles. The molecule has 4 nitrogen and oxygen atoms in total. The molecular weight excluding hydrogens is 266 g/mol. The Morgan fingerprint density at radius 2 is 2.05 bits per heavy atom. The van der Waals surface area contributed by atoms with Crippen LogP contribution in [0.25, 0.3) is 0 Å². The number of carbonyl (C=O) groups excluding carboxylic acids is 1. The van der Waals surface area contributed by atoms with Gasteiger partial charge in [0, 0.05) is 19.7 Å². The number of esters is 1. The summed E-state index contributed by atoms with van der Waals surface area (Å²) in [6, 6.07) is 9.79. The van der Waals surface area contributed by atoms with Crippen molar-refractivity contribution in [1.29, 1.82) is 0 Å². The number of benzene rings is 1. The maximum absolute atomic E-state index is 12.0. The van der Waals surface area contributed by atoms with E-state index in [9.17, 15) is 4.79 Å². The Morgan fingerprint density at radius 1 is 1.33 bits per heavy atom. The molecule has 116 valence electrons. The van der Waals surface area contributed by atoms with Gasteiger partial charge in [0.2, 0.25) is 0 Å². The van der Waals surface area contributed by atoms with Crippen molar-refractivity contribution in [3.63, 3.8) is 0 Å². The second-order valence-corrected chi connectivity index (χ2v) is 5.77. The highest BCUT2D eigenvalue weighted by Gasteiger charge is 2.23. The molecule has 0 radical (unpaired) electrons. The van der Waals surface area contributed by atoms with Gasteiger partial charge in [-0.2, -0.15) is 0 Å². The zero-order valence-electron chi connectivity index (χ0n) is 13.0. The number of methoxy groups -OCH3 is 1. The molecule has 0 spiro atoms. The van der Waals surface area contributed by atoms with Crippen LogP contribution in [0.15, 0.2) is 30.3 Å². The molecule has 2 rings (SSSR count). The average molecular weight is 291 g/mol. The van der Waals surface area contributed by atoms with Crippen molar-refractivity contribution >= 4 is 5.97 Å². The fourth-order valence-corrected chi connectivity index (χ4v) is 2.30. The van der Waals surface area contributed by atoms with Gasteiger partial charge in [0.1, 0.15) is 0 Å². The topological polar surface area (TPSA) is 38.8 Å². The van der Waals surface area contributed by atoms with E-state index in [-0.39, 0.29) is 11.9 Å². The van der Waals surface area contributed by atoms with Crippen molar-refractivity contribution < 1.29 is 14.3 Å². The minimum atomic E-state index is -0.246. The maximum Gasteiger partial charge on any atom is 0.314 e. The molecule has 0 bridgehead atoms. The van der Waals surface area contributed by atoms with E-state index < -0.39 is 0 Å². The molecule has 1 aromatic rings. The third-order valence-corrected chi connectivity index (χ3v) is 3.85. The van der Waals surface area contributed by atoms with Gasteiger partial charge in [0.25, 0.3) is 0 Å². The summed E-state index contributed by atoms with van der Waals surface area (Å²) < 4.78 is 10.6. The highest BCUT2D eigenvalue weighted by atomic mass is 16.5. The van der Waals surface area contributed by atoms with Crippen molar-refractivity contribution in [1.82, 2.24) is 4.90 Å². The average Bonchev–Trinajstić information content (AvgIpc) is 3.33. The Balaban J connectivity index is 1.81. The standard InChI is InChI=1S/C17H25NO3/c1-18(10-11-21-13-14-8-9-14)12-16(17(19)20-2)15-6-4-3-5-7-15/h3-7,14,16H,8-13H2,1-2H3. The van der Waals surface area contributed by atoms with E-state index >= 15 is 0 Å². The number of hydrogen-bond donors (Lipinski definition) is 0. The van der Waals surface area contributed by atoms with E-state index in [1.165, 1.54) is 20.0 Å². The van der Waals surface area contributed by atoms with Crippen LogP contribution in [0.5, 0.6) is 0 Å². The molecule has 1 fully saturated rings. The predicted molar refractivity (Wildman–Crippen MR) is 82.2 cm³/mol. The van der Waals surface area contributed by atoms with Crippen molar-refractivity contribution in [2.75, 3.05) is 40.5 Å². The molecule has 1 aliphatic rings. The predicted octanol–water partition coefficient (Wildman–Crippen LogP) is 2.30. The molecule has 0 saturated heterocycles. The first-order valence-electron chi connectivity index (χ1n) is 7.59. The zero-order chi connectivity index (χ0) is 15.1. The van der Waals surface area contributed by atoms with Crippen molar-refractivity contribution in [3.05, 3.63) is 35.9 Å². The normalized spacial score (nSPS) is 16.0.